The van der Waals surface area contributed by atoms with Gasteiger partial charge in [0, 0.05) is 24.7 Å². The summed E-state index contributed by atoms with van der Waals surface area (Å²) >= 11 is 0. The van der Waals surface area contributed by atoms with Gasteiger partial charge in [-0.2, -0.15) is 5.10 Å². The first-order valence-electron chi connectivity index (χ1n) is 7.29. The van der Waals surface area contributed by atoms with Crippen LogP contribution in [0, 0.1) is 17.8 Å². The van der Waals surface area contributed by atoms with Crippen LogP contribution in [0.3, 0.4) is 0 Å². The molecule has 0 aromatic carbocycles. The van der Waals surface area contributed by atoms with E-state index in [-0.39, 0.29) is 5.54 Å². The van der Waals surface area contributed by atoms with Crippen LogP contribution < -0.4 is 5.73 Å². The van der Waals surface area contributed by atoms with Gasteiger partial charge in [-0.1, -0.05) is 27.7 Å². The Balaban J connectivity index is 2.24. The van der Waals surface area contributed by atoms with Crippen molar-refractivity contribution in [3.63, 3.8) is 0 Å². The smallest absolute Gasteiger partial charge is 0.0596 e. The highest BCUT2D eigenvalue weighted by atomic mass is 15.3. The lowest BCUT2D eigenvalue weighted by Crippen LogP contribution is -2.53. The van der Waals surface area contributed by atoms with Gasteiger partial charge in [0.25, 0.3) is 0 Å². The van der Waals surface area contributed by atoms with Crippen LogP contribution in [-0.2, 0) is 13.5 Å². The second kappa shape index (κ2) is 4.34. The van der Waals surface area contributed by atoms with E-state index in [2.05, 4.69) is 38.9 Å². The summed E-state index contributed by atoms with van der Waals surface area (Å²) < 4.78 is 1.98. The summed E-state index contributed by atoms with van der Waals surface area (Å²) in [6, 6.07) is 2.17. The first-order valence-corrected chi connectivity index (χ1v) is 7.29. The molecule has 108 valence electrons. The highest BCUT2D eigenvalue weighted by Gasteiger charge is 2.45. The molecule has 2 rings (SSSR count). The molecule has 3 heteroatoms. The quantitative estimate of drug-likeness (QED) is 0.890. The zero-order valence-corrected chi connectivity index (χ0v) is 13.4. The van der Waals surface area contributed by atoms with E-state index in [9.17, 15) is 0 Å². The molecule has 0 radical (unpaired) electrons. The molecule has 1 aliphatic carbocycles. The highest BCUT2D eigenvalue weighted by Crippen LogP contribution is 2.50. The third kappa shape index (κ3) is 3.38. The zero-order chi connectivity index (χ0) is 14.5. The Morgan fingerprint density at radius 1 is 1.16 bits per heavy atom. The topological polar surface area (TPSA) is 43.8 Å². The summed E-state index contributed by atoms with van der Waals surface area (Å²) in [7, 11) is 2.02. The van der Waals surface area contributed by atoms with Gasteiger partial charge in [-0.25, -0.2) is 0 Å². The number of nitrogens with zero attached hydrogens (tertiary/aromatic N) is 2. The Hall–Kier alpha value is -0.830. The number of nitrogens with two attached hydrogens (primary N) is 1. The van der Waals surface area contributed by atoms with Crippen LogP contribution in [0.2, 0.25) is 0 Å². The van der Waals surface area contributed by atoms with Crippen molar-refractivity contribution in [1.82, 2.24) is 9.78 Å². The number of hydrogen-bond acceptors (Lipinski definition) is 2. The molecule has 0 spiro atoms. The first kappa shape index (κ1) is 14.6. The lowest BCUT2D eigenvalue weighted by Gasteiger charge is -2.50. The summed E-state index contributed by atoms with van der Waals surface area (Å²) in [6.07, 6.45) is 4.36. The summed E-state index contributed by atoms with van der Waals surface area (Å²) in [4.78, 5) is 0. The van der Waals surface area contributed by atoms with Crippen molar-refractivity contribution < 1.29 is 0 Å². The predicted molar refractivity (Wildman–Crippen MR) is 80.0 cm³/mol. The monoisotopic (exact) mass is 263 g/mol. The fourth-order valence-electron chi connectivity index (χ4n) is 4.70. The van der Waals surface area contributed by atoms with E-state index in [0.717, 1.165) is 25.0 Å². The molecule has 0 atom stereocenters. The van der Waals surface area contributed by atoms with E-state index in [4.69, 9.17) is 5.73 Å². The SMILES string of the molecule is Cc1cc(CC2(N)CC(C)(C)CC(C)(C)C2)n(C)n1. The number of aryl methyl sites for hydroxylation is 2. The van der Waals surface area contributed by atoms with E-state index >= 15 is 0 Å². The van der Waals surface area contributed by atoms with Gasteiger partial charge in [0.1, 0.15) is 0 Å². The molecule has 1 aliphatic rings. The zero-order valence-electron chi connectivity index (χ0n) is 13.4. The summed E-state index contributed by atoms with van der Waals surface area (Å²) in [5, 5.41) is 4.44. The van der Waals surface area contributed by atoms with Crippen LogP contribution in [-0.4, -0.2) is 15.3 Å². The fraction of sp³-hybridized carbons (Fsp3) is 0.812. The van der Waals surface area contributed by atoms with Crippen molar-refractivity contribution in [2.24, 2.45) is 23.6 Å². The van der Waals surface area contributed by atoms with Gasteiger partial charge < -0.3 is 5.73 Å². The molecule has 0 aliphatic heterocycles. The number of aromatic nitrogens is 2. The van der Waals surface area contributed by atoms with Gasteiger partial charge in [0.15, 0.2) is 0 Å². The van der Waals surface area contributed by atoms with Crippen molar-refractivity contribution in [1.29, 1.82) is 0 Å². The molecule has 0 saturated heterocycles. The maximum Gasteiger partial charge on any atom is 0.0596 e. The van der Waals surface area contributed by atoms with Crippen molar-refractivity contribution in [2.75, 3.05) is 0 Å². The second-order valence-corrected chi connectivity index (χ2v) is 8.30. The molecule has 1 aromatic heterocycles. The predicted octanol–water partition coefficient (Wildman–Crippen LogP) is 3.20. The molecule has 19 heavy (non-hydrogen) atoms. The Bertz CT molecular complexity index is 452. The fourth-order valence-corrected chi connectivity index (χ4v) is 4.70. The number of rotatable bonds is 2. The van der Waals surface area contributed by atoms with Crippen molar-refractivity contribution in [3.8, 4) is 0 Å². The second-order valence-electron chi connectivity index (χ2n) is 8.30. The molecule has 1 heterocycles. The average Bonchev–Trinajstić information content (AvgIpc) is 2.36. The molecular formula is C16H29N3. The molecule has 1 aromatic rings. The lowest BCUT2D eigenvalue weighted by molar-refractivity contribution is 0.0479. The molecular weight excluding hydrogens is 234 g/mol. The van der Waals surface area contributed by atoms with Crippen LogP contribution >= 0.6 is 0 Å². The Morgan fingerprint density at radius 3 is 2.11 bits per heavy atom. The third-order valence-corrected chi connectivity index (χ3v) is 4.25. The average molecular weight is 263 g/mol. The Kier molecular flexibility index (Phi) is 3.33. The molecule has 0 unspecified atom stereocenters. The molecule has 0 amide bonds. The first-order chi connectivity index (χ1) is 8.50. The van der Waals surface area contributed by atoms with Crippen LogP contribution in [0.15, 0.2) is 6.07 Å². The standard InChI is InChI=1S/C16H29N3/c1-12-7-13(19(6)18-12)8-16(17)10-14(2,3)9-15(4,5)11-16/h7H,8-11,17H2,1-6H3. The minimum Gasteiger partial charge on any atom is -0.325 e. The van der Waals surface area contributed by atoms with Crippen molar-refractivity contribution in [3.05, 3.63) is 17.5 Å². The molecule has 1 saturated carbocycles. The lowest BCUT2D eigenvalue weighted by atomic mass is 9.58. The van der Waals surface area contributed by atoms with Gasteiger partial charge in [0.2, 0.25) is 0 Å². The van der Waals surface area contributed by atoms with Crippen LogP contribution in [0.4, 0.5) is 0 Å². The van der Waals surface area contributed by atoms with Crippen LogP contribution in [0.5, 0.6) is 0 Å². The minimum absolute atomic E-state index is 0.106. The van der Waals surface area contributed by atoms with Crippen molar-refractivity contribution in [2.45, 2.75) is 65.8 Å². The molecule has 3 nitrogen and oxygen atoms in total. The van der Waals surface area contributed by atoms with Gasteiger partial charge in [0.05, 0.1) is 5.69 Å². The highest BCUT2D eigenvalue weighted by molar-refractivity contribution is 5.14. The minimum atomic E-state index is -0.106. The van der Waals surface area contributed by atoms with E-state index in [1.165, 1.54) is 12.1 Å². The summed E-state index contributed by atoms with van der Waals surface area (Å²) in [5.74, 6) is 0. The maximum absolute atomic E-state index is 6.78. The largest absolute Gasteiger partial charge is 0.325 e. The summed E-state index contributed by atoms with van der Waals surface area (Å²) in [6.45, 7) is 11.4. The molecule has 1 fully saturated rings. The third-order valence-electron chi connectivity index (χ3n) is 4.25. The van der Waals surface area contributed by atoms with E-state index < -0.39 is 0 Å². The van der Waals surface area contributed by atoms with E-state index in [0.29, 0.717) is 10.8 Å². The summed E-state index contributed by atoms with van der Waals surface area (Å²) in [5.41, 5.74) is 9.66. The van der Waals surface area contributed by atoms with Crippen LogP contribution in [0.1, 0.15) is 58.3 Å². The van der Waals surface area contributed by atoms with Gasteiger partial charge in [-0.3, -0.25) is 4.68 Å². The number of hydrogen-bond donors (Lipinski definition) is 1. The molecule has 0 bridgehead atoms. The molecule has 2 N–H and O–H groups in total. The van der Waals surface area contributed by atoms with Gasteiger partial charge in [-0.15, -0.1) is 0 Å². The van der Waals surface area contributed by atoms with Gasteiger partial charge >= 0.3 is 0 Å². The van der Waals surface area contributed by atoms with Gasteiger partial charge in [-0.05, 0) is 43.1 Å². The van der Waals surface area contributed by atoms with E-state index in [1.54, 1.807) is 0 Å². The Morgan fingerprint density at radius 2 is 1.68 bits per heavy atom. The normalized spacial score (nSPS) is 24.4. The maximum atomic E-state index is 6.78. The Labute approximate surface area is 117 Å². The van der Waals surface area contributed by atoms with E-state index in [1.807, 2.05) is 18.7 Å². The van der Waals surface area contributed by atoms with Crippen molar-refractivity contribution >= 4 is 0 Å². The van der Waals surface area contributed by atoms with Crippen LogP contribution in [0.25, 0.3) is 0 Å².